The zero-order chi connectivity index (χ0) is 19.2. The van der Waals surface area contributed by atoms with Gasteiger partial charge in [0.25, 0.3) is 0 Å². The van der Waals surface area contributed by atoms with Gasteiger partial charge >= 0.3 is 5.97 Å². The van der Waals surface area contributed by atoms with Crippen molar-refractivity contribution in [3.8, 4) is 11.8 Å². The first-order valence-electron chi connectivity index (χ1n) is 8.36. The Balaban J connectivity index is 1.69. The smallest absolute Gasteiger partial charge is 0.343 e. The number of nitriles is 1. The highest BCUT2D eigenvalue weighted by atomic mass is 16.5. The molecule has 0 aliphatic heterocycles. The fourth-order valence-electron chi connectivity index (χ4n) is 2.37. The highest BCUT2D eigenvalue weighted by Crippen LogP contribution is 2.24. The summed E-state index contributed by atoms with van der Waals surface area (Å²) < 4.78 is 5.35. The molecule has 0 aliphatic rings. The molecule has 0 aromatic heterocycles. The minimum absolute atomic E-state index is 0.414. The van der Waals surface area contributed by atoms with Crippen molar-refractivity contribution in [1.29, 1.82) is 5.26 Å². The zero-order valence-electron chi connectivity index (χ0n) is 15.0. The third kappa shape index (κ3) is 4.65. The van der Waals surface area contributed by atoms with E-state index in [9.17, 15) is 4.79 Å². The van der Waals surface area contributed by atoms with Crippen LogP contribution in [0.25, 0.3) is 0 Å². The van der Waals surface area contributed by atoms with Crippen molar-refractivity contribution in [3.63, 3.8) is 0 Å². The molecule has 27 heavy (non-hydrogen) atoms. The largest absolute Gasteiger partial charge is 0.423 e. The Labute approximate surface area is 157 Å². The number of carbonyl (C=O) groups excluding carboxylic acids is 1. The highest BCUT2D eigenvalue weighted by molar-refractivity contribution is 5.91. The summed E-state index contributed by atoms with van der Waals surface area (Å²) >= 11 is 0. The molecule has 0 radical (unpaired) electrons. The van der Waals surface area contributed by atoms with Crippen molar-refractivity contribution >= 4 is 17.3 Å². The molecule has 0 aliphatic carbocycles. The summed E-state index contributed by atoms with van der Waals surface area (Å²) in [6.45, 7) is 3.87. The number of hydrogen-bond acceptors (Lipinski definition) is 5. The van der Waals surface area contributed by atoms with E-state index in [2.05, 4.69) is 16.3 Å². The quantitative estimate of drug-likeness (QED) is 0.337. The molecule has 5 nitrogen and oxygen atoms in total. The molecule has 0 bridgehead atoms. The van der Waals surface area contributed by atoms with Gasteiger partial charge < -0.3 is 4.74 Å². The summed E-state index contributed by atoms with van der Waals surface area (Å²) in [6, 6.07) is 21.4. The number of rotatable bonds is 4. The number of aryl methyl sites for hydroxylation is 2. The lowest BCUT2D eigenvalue weighted by atomic mass is 10.1. The second kappa shape index (κ2) is 8.07. The second-order valence-corrected chi connectivity index (χ2v) is 6.08. The Hall–Kier alpha value is -3.78. The Morgan fingerprint density at radius 2 is 1.56 bits per heavy atom. The summed E-state index contributed by atoms with van der Waals surface area (Å²) in [5.41, 5.74) is 4.14. The molecular weight excluding hydrogens is 338 g/mol. The lowest BCUT2D eigenvalue weighted by Gasteiger charge is -2.04. The van der Waals surface area contributed by atoms with Gasteiger partial charge in [0.15, 0.2) is 0 Å². The maximum atomic E-state index is 12.1. The van der Waals surface area contributed by atoms with E-state index in [0.29, 0.717) is 28.3 Å². The van der Waals surface area contributed by atoms with Crippen molar-refractivity contribution in [1.82, 2.24) is 0 Å². The lowest BCUT2D eigenvalue weighted by Crippen LogP contribution is -2.08. The fourth-order valence-corrected chi connectivity index (χ4v) is 2.37. The van der Waals surface area contributed by atoms with Gasteiger partial charge in [0.2, 0.25) is 0 Å². The molecule has 0 heterocycles. The van der Waals surface area contributed by atoms with Crippen LogP contribution in [0.3, 0.4) is 0 Å². The summed E-state index contributed by atoms with van der Waals surface area (Å²) in [4.78, 5) is 12.1. The first-order chi connectivity index (χ1) is 13.0. The van der Waals surface area contributed by atoms with Gasteiger partial charge in [-0.25, -0.2) is 4.79 Å². The van der Waals surface area contributed by atoms with Gasteiger partial charge in [-0.05, 0) is 67.9 Å². The van der Waals surface area contributed by atoms with E-state index in [0.717, 1.165) is 11.1 Å². The van der Waals surface area contributed by atoms with E-state index in [1.54, 1.807) is 48.5 Å². The van der Waals surface area contributed by atoms with E-state index in [1.807, 2.05) is 32.0 Å². The second-order valence-electron chi connectivity index (χ2n) is 6.08. The first-order valence-corrected chi connectivity index (χ1v) is 8.36. The van der Waals surface area contributed by atoms with Gasteiger partial charge in [-0.3, -0.25) is 0 Å². The zero-order valence-corrected chi connectivity index (χ0v) is 15.0. The van der Waals surface area contributed by atoms with Crippen LogP contribution in [0.5, 0.6) is 5.75 Å². The Morgan fingerprint density at radius 1 is 0.889 bits per heavy atom. The normalized spacial score (nSPS) is 10.6. The molecular formula is C22H17N3O2. The Morgan fingerprint density at radius 3 is 2.22 bits per heavy atom. The fraction of sp³-hybridized carbons (Fsp3) is 0.0909. The lowest BCUT2D eigenvalue weighted by molar-refractivity contribution is 0.0735. The number of nitrogens with zero attached hydrogens (tertiary/aromatic N) is 3. The van der Waals surface area contributed by atoms with Crippen LogP contribution in [-0.2, 0) is 0 Å². The van der Waals surface area contributed by atoms with Gasteiger partial charge in [0.05, 0.1) is 16.8 Å². The predicted molar refractivity (Wildman–Crippen MR) is 103 cm³/mol. The standard InChI is InChI=1S/C22H17N3O2/c1-15-3-6-17(7-4-15)22(26)27-20-10-8-19(9-11-20)24-25-21-12-5-16(2)13-18(21)14-23/h3-13H,1-2H3. The molecule has 132 valence electrons. The highest BCUT2D eigenvalue weighted by Gasteiger charge is 2.08. The molecule has 0 saturated heterocycles. The molecule has 3 rings (SSSR count). The topological polar surface area (TPSA) is 74.8 Å². The van der Waals surface area contributed by atoms with E-state index in [-0.39, 0.29) is 0 Å². The van der Waals surface area contributed by atoms with E-state index < -0.39 is 5.97 Å². The molecule has 0 saturated carbocycles. The van der Waals surface area contributed by atoms with Crippen LogP contribution in [0, 0.1) is 25.2 Å². The third-order valence-corrected chi connectivity index (χ3v) is 3.88. The summed E-state index contributed by atoms with van der Waals surface area (Å²) in [5.74, 6) is 0.00951. The molecule has 0 spiro atoms. The molecule has 0 atom stereocenters. The predicted octanol–water partition coefficient (Wildman–Crippen LogP) is 5.81. The summed E-state index contributed by atoms with van der Waals surface area (Å²) in [6.07, 6.45) is 0. The average molecular weight is 355 g/mol. The molecule has 0 unspecified atom stereocenters. The number of ether oxygens (including phenoxy) is 1. The van der Waals surface area contributed by atoms with Crippen molar-refractivity contribution in [2.75, 3.05) is 0 Å². The van der Waals surface area contributed by atoms with Crippen LogP contribution < -0.4 is 4.74 Å². The number of esters is 1. The van der Waals surface area contributed by atoms with Crippen molar-refractivity contribution < 1.29 is 9.53 Å². The van der Waals surface area contributed by atoms with Crippen LogP contribution in [0.4, 0.5) is 11.4 Å². The Kier molecular flexibility index (Phi) is 5.38. The van der Waals surface area contributed by atoms with Crippen molar-refractivity contribution in [2.45, 2.75) is 13.8 Å². The maximum Gasteiger partial charge on any atom is 0.343 e. The van der Waals surface area contributed by atoms with Crippen LogP contribution in [0.1, 0.15) is 27.0 Å². The van der Waals surface area contributed by atoms with E-state index in [4.69, 9.17) is 10.00 Å². The minimum atomic E-state index is -0.414. The van der Waals surface area contributed by atoms with Gasteiger partial charge in [-0.1, -0.05) is 23.8 Å². The van der Waals surface area contributed by atoms with Crippen LogP contribution in [-0.4, -0.2) is 5.97 Å². The number of carbonyl (C=O) groups is 1. The molecule has 5 heteroatoms. The van der Waals surface area contributed by atoms with Gasteiger partial charge in [-0.15, -0.1) is 5.11 Å². The van der Waals surface area contributed by atoms with E-state index >= 15 is 0 Å². The van der Waals surface area contributed by atoms with Gasteiger partial charge in [0.1, 0.15) is 17.5 Å². The maximum absolute atomic E-state index is 12.1. The van der Waals surface area contributed by atoms with E-state index in [1.165, 1.54) is 0 Å². The number of azo groups is 1. The average Bonchev–Trinajstić information content (AvgIpc) is 2.68. The summed E-state index contributed by atoms with van der Waals surface area (Å²) in [7, 11) is 0. The van der Waals surface area contributed by atoms with Gasteiger partial charge in [-0.2, -0.15) is 10.4 Å². The molecule has 3 aromatic carbocycles. The monoisotopic (exact) mass is 355 g/mol. The molecule has 3 aromatic rings. The summed E-state index contributed by atoms with van der Waals surface area (Å²) in [5, 5.41) is 17.4. The first kappa shape index (κ1) is 18.0. The van der Waals surface area contributed by atoms with Crippen LogP contribution in [0.15, 0.2) is 77.0 Å². The molecule has 0 N–H and O–H groups in total. The van der Waals surface area contributed by atoms with Crippen molar-refractivity contribution in [2.24, 2.45) is 10.2 Å². The van der Waals surface area contributed by atoms with Crippen molar-refractivity contribution in [3.05, 3.63) is 89.0 Å². The molecule has 0 fully saturated rings. The molecule has 0 amide bonds. The third-order valence-electron chi connectivity index (χ3n) is 3.88. The van der Waals surface area contributed by atoms with Crippen LogP contribution in [0.2, 0.25) is 0 Å². The minimum Gasteiger partial charge on any atom is -0.423 e. The SMILES string of the molecule is Cc1ccc(C(=O)Oc2ccc(N=Nc3ccc(C)cc3C#N)cc2)cc1. The van der Waals surface area contributed by atoms with Gasteiger partial charge in [0, 0.05) is 0 Å². The Bertz CT molecular complexity index is 1030. The number of hydrogen-bond donors (Lipinski definition) is 0. The number of benzene rings is 3. The van der Waals surface area contributed by atoms with Crippen LogP contribution >= 0.6 is 0 Å².